The summed E-state index contributed by atoms with van der Waals surface area (Å²) in [6.45, 7) is 0. The van der Waals surface area contributed by atoms with Gasteiger partial charge in [-0.25, -0.2) is 9.89 Å². The molecule has 0 aliphatic carbocycles. The van der Waals surface area contributed by atoms with E-state index in [1.54, 1.807) is 0 Å². The van der Waals surface area contributed by atoms with Crippen LogP contribution in [0.4, 0.5) is 18.9 Å². The van der Waals surface area contributed by atoms with Crippen LogP contribution in [0.2, 0.25) is 0 Å². The lowest BCUT2D eigenvalue weighted by atomic mass is 10.1. The number of nitrogens with zero attached hydrogens (tertiary/aromatic N) is 1. The summed E-state index contributed by atoms with van der Waals surface area (Å²) in [5.41, 5.74) is 3.91. The van der Waals surface area contributed by atoms with Crippen molar-refractivity contribution in [2.45, 2.75) is 6.18 Å². The highest BCUT2D eigenvalue weighted by Gasteiger charge is 2.31. The highest BCUT2D eigenvalue weighted by atomic mass is 19.4. The fraction of sp³-hybridized carbons (Fsp3) is 0.111. The van der Waals surface area contributed by atoms with Gasteiger partial charge < -0.3 is 5.73 Å². The summed E-state index contributed by atoms with van der Waals surface area (Å²) in [6.07, 6.45) is -4.50. The minimum absolute atomic E-state index is 0.00722. The predicted octanol–water partition coefficient (Wildman–Crippen LogP) is 1.37. The zero-order valence-electron chi connectivity index (χ0n) is 8.30. The molecule has 0 aliphatic rings. The lowest BCUT2D eigenvalue weighted by molar-refractivity contribution is -0.137. The van der Waals surface area contributed by atoms with E-state index in [0.29, 0.717) is 0 Å². The zero-order chi connectivity index (χ0) is 12.6. The monoisotopic (exact) mass is 244 g/mol. The van der Waals surface area contributed by atoms with E-state index in [9.17, 15) is 18.0 Å². The molecule has 2 rings (SSSR count). The number of nitrogens with one attached hydrogen (secondary N) is 2. The second kappa shape index (κ2) is 3.65. The number of alkyl halides is 3. The van der Waals surface area contributed by atoms with E-state index in [0.717, 1.165) is 12.1 Å². The number of aromatic amines is 2. The number of H-pyrrole nitrogens is 2. The molecular weight excluding hydrogens is 237 g/mol. The number of halogens is 3. The molecule has 0 atom stereocenters. The Bertz CT molecular complexity index is 599. The highest BCUT2D eigenvalue weighted by Crippen LogP contribution is 2.33. The Morgan fingerprint density at radius 1 is 1.24 bits per heavy atom. The van der Waals surface area contributed by atoms with Crippen molar-refractivity contribution < 1.29 is 13.2 Å². The Morgan fingerprint density at radius 3 is 2.47 bits per heavy atom. The number of benzene rings is 1. The molecule has 1 aromatic heterocycles. The molecule has 0 aliphatic heterocycles. The third-order valence-corrected chi connectivity index (χ3v) is 2.06. The summed E-state index contributed by atoms with van der Waals surface area (Å²) in [4.78, 5) is 13.1. The van der Waals surface area contributed by atoms with Crippen molar-refractivity contribution in [1.29, 1.82) is 0 Å². The van der Waals surface area contributed by atoms with Crippen LogP contribution in [0.25, 0.3) is 11.4 Å². The number of aromatic nitrogens is 3. The van der Waals surface area contributed by atoms with Gasteiger partial charge >= 0.3 is 11.9 Å². The smallest absolute Gasteiger partial charge is 0.399 e. The lowest BCUT2D eigenvalue weighted by Crippen LogP contribution is -2.06. The van der Waals surface area contributed by atoms with Crippen molar-refractivity contribution in [3.8, 4) is 11.4 Å². The SMILES string of the molecule is Nc1cc(-c2n[nH]c(=O)[nH]2)cc(C(F)(F)F)c1. The molecular formula is C9H7F3N4O. The van der Waals surface area contributed by atoms with E-state index in [1.807, 2.05) is 0 Å². The van der Waals surface area contributed by atoms with E-state index < -0.39 is 17.4 Å². The van der Waals surface area contributed by atoms with Gasteiger partial charge in [0.25, 0.3) is 0 Å². The highest BCUT2D eigenvalue weighted by molar-refractivity contribution is 5.62. The Labute approximate surface area is 92.5 Å². The van der Waals surface area contributed by atoms with E-state index in [1.165, 1.54) is 6.07 Å². The fourth-order valence-electron chi connectivity index (χ4n) is 1.36. The zero-order valence-corrected chi connectivity index (χ0v) is 8.30. The second-order valence-corrected chi connectivity index (χ2v) is 3.37. The van der Waals surface area contributed by atoms with E-state index >= 15 is 0 Å². The van der Waals surface area contributed by atoms with Crippen molar-refractivity contribution >= 4 is 5.69 Å². The molecule has 1 aromatic carbocycles. The second-order valence-electron chi connectivity index (χ2n) is 3.37. The molecule has 0 radical (unpaired) electrons. The molecule has 0 unspecified atom stereocenters. The molecule has 5 nitrogen and oxygen atoms in total. The summed E-state index contributed by atoms with van der Waals surface area (Å²) >= 11 is 0. The molecule has 90 valence electrons. The number of hydrogen-bond donors (Lipinski definition) is 3. The molecule has 0 spiro atoms. The van der Waals surface area contributed by atoms with Gasteiger partial charge in [0.05, 0.1) is 5.56 Å². The van der Waals surface area contributed by atoms with Crippen molar-refractivity contribution in [2.24, 2.45) is 0 Å². The topological polar surface area (TPSA) is 87.6 Å². The number of rotatable bonds is 1. The van der Waals surface area contributed by atoms with Crippen molar-refractivity contribution in [1.82, 2.24) is 15.2 Å². The van der Waals surface area contributed by atoms with Crippen LogP contribution in [0.1, 0.15) is 5.56 Å². The van der Waals surface area contributed by atoms with Crippen LogP contribution >= 0.6 is 0 Å². The van der Waals surface area contributed by atoms with Crippen LogP contribution in [0.3, 0.4) is 0 Å². The first-order valence-corrected chi connectivity index (χ1v) is 4.49. The number of anilines is 1. The van der Waals surface area contributed by atoms with Crippen LogP contribution < -0.4 is 11.4 Å². The number of nitrogen functional groups attached to an aromatic ring is 1. The van der Waals surface area contributed by atoms with Crippen LogP contribution in [0, 0.1) is 0 Å². The van der Waals surface area contributed by atoms with Gasteiger partial charge in [-0.1, -0.05) is 0 Å². The minimum atomic E-state index is -4.50. The molecule has 0 bridgehead atoms. The van der Waals surface area contributed by atoms with Crippen molar-refractivity contribution in [3.63, 3.8) is 0 Å². The summed E-state index contributed by atoms with van der Waals surface area (Å²) < 4.78 is 37.5. The number of nitrogens with two attached hydrogens (primary N) is 1. The average Bonchev–Trinajstić information content (AvgIpc) is 2.62. The summed E-state index contributed by atoms with van der Waals surface area (Å²) in [7, 11) is 0. The molecule has 2 aromatic rings. The maximum atomic E-state index is 12.5. The van der Waals surface area contributed by atoms with Crippen LogP contribution in [0.15, 0.2) is 23.0 Å². The Morgan fingerprint density at radius 2 is 1.94 bits per heavy atom. The molecule has 0 amide bonds. The van der Waals surface area contributed by atoms with Crippen LogP contribution in [-0.4, -0.2) is 15.2 Å². The molecule has 0 fully saturated rings. The first kappa shape index (κ1) is 11.2. The lowest BCUT2D eigenvalue weighted by Gasteiger charge is -2.08. The first-order chi connectivity index (χ1) is 7.86. The summed E-state index contributed by atoms with van der Waals surface area (Å²) in [5, 5.41) is 5.60. The van der Waals surface area contributed by atoms with Gasteiger partial charge in [0, 0.05) is 11.3 Å². The Kier molecular flexibility index (Phi) is 2.41. The maximum Gasteiger partial charge on any atom is 0.416 e. The third-order valence-electron chi connectivity index (χ3n) is 2.06. The first-order valence-electron chi connectivity index (χ1n) is 4.49. The fourth-order valence-corrected chi connectivity index (χ4v) is 1.36. The van der Waals surface area contributed by atoms with E-state index in [-0.39, 0.29) is 17.1 Å². The average molecular weight is 244 g/mol. The Balaban J connectivity index is 2.56. The van der Waals surface area contributed by atoms with Gasteiger partial charge in [-0.15, -0.1) is 0 Å². The predicted molar refractivity (Wildman–Crippen MR) is 54.1 cm³/mol. The molecule has 17 heavy (non-hydrogen) atoms. The number of hydrogen-bond acceptors (Lipinski definition) is 3. The quantitative estimate of drug-likeness (QED) is 0.662. The molecule has 1 heterocycles. The largest absolute Gasteiger partial charge is 0.416 e. The third kappa shape index (κ3) is 2.30. The van der Waals surface area contributed by atoms with Gasteiger partial charge in [-0.2, -0.15) is 18.3 Å². The standard InChI is InChI=1S/C9H7F3N4O/c10-9(11,12)5-1-4(2-6(13)3-5)7-14-8(17)16-15-7/h1-3H,13H2,(H2,14,15,16,17). The van der Waals surface area contributed by atoms with E-state index in [4.69, 9.17) is 5.73 Å². The molecule has 0 saturated carbocycles. The Hall–Kier alpha value is -2.25. The van der Waals surface area contributed by atoms with Gasteiger partial charge in [-0.05, 0) is 18.2 Å². The molecule has 4 N–H and O–H groups in total. The maximum absolute atomic E-state index is 12.5. The van der Waals surface area contributed by atoms with Gasteiger partial charge in [-0.3, -0.25) is 4.98 Å². The summed E-state index contributed by atoms with van der Waals surface area (Å²) in [6, 6.07) is 2.97. The van der Waals surface area contributed by atoms with Crippen LogP contribution in [-0.2, 0) is 6.18 Å². The van der Waals surface area contributed by atoms with Gasteiger partial charge in [0.2, 0.25) is 0 Å². The van der Waals surface area contributed by atoms with Crippen molar-refractivity contribution in [2.75, 3.05) is 5.73 Å². The van der Waals surface area contributed by atoms with E-state index in [2.05, 4.69) is 15.2 Å². The normalized spacial score (nSPS) is 11.7. The summed E-state index contributed by atoms with van der Waals surface area (Å²) in [5.74, 6) is 0.00722. The van der Waals surface area contributed by atoms with Crippen LogP contribution in [0.5, 0.6) is 0 Å². The van der Waals surface area contributed by atoms with Gasteiger partial charge in [0.15, 0.2) is 5.82 Å². The minimum Gasteiger partial charge on any atom is -0.399 e. The molecule has 0 saturated heterocycles. The van der Waals surface area contributed by atoms with Crippen molar-refractivity contribution in [3.05, 3.63) is 34.2 Å². The molecule has 8 heteroatoms. The van der Waals surface area contributed by atoms with Gasteiger partial charge in [0.1, 0.15) is 0 Å².